The summed E-state index contributed by atoms with van der Waals surface area (Å²) >= 11 is 0. The first kappa shape index (κ1) is 24.3. The number of rotatable bonds is 8. The predicted octanol–water partition coefficient (Wildman–Crippen LogP) is 3.14. The Hall–Kier alpha value is -2.84. The highest BCUT2D eigenvalue weighted by Crippen LogP contribution is 2.31. The van der Waals surface area contributed by atoms with Crippen LogP contribution in [0.25, 0.3) is 0 Å². The molecule has 0 radical (unpaired) electrons. The molecule has 3 heterocycles. The van der Waals surface area contributed by atoms with E-state index in [0.717, 1.165) is 41.3 Å². The summed E-state index contributed by atoms with van der Waals surface area (Å²) in [6, 6.07) is 7.80. The number of ether oxygens (including phenoxy) is 4. The first-order chi connectivity index (χ1) is 16.5. The minimum Gasteiger partial charge on any atom is -0.496 e. The van der Waals surface area contributed by atoms with Crippen molar-refractivity contribution in [2.24, 2.45) is 5.92 Å². The Morgan fingerprint density at radius 1 is 1.21 bits per heavy atom. The van der Waals surface area contributed by atoms with E-state index in [0.29, 0.717) is 51.9 Å². The normalized spacial score (nSPS) is 18.4. The standard InChI is InChI=1S/C26H35N3O5/c1-19(2)15-29(16-20-5-6-23-24(13-20)33-11-4-10-32-23)26(30)25-18-28(9-12-34-25)17-21-14-27-8-7-22(21)31-3/h5-8,13-14,19,25H,4,9-12,15-18H2,1-3H3/t25-/m0/s1. The van der Waals surface area contributed by atoms with E-state index in [1.807, 2.05) is 35.4 Å². The summed E-state index contributed by atoms with van der Waals surface area (Å²) in [5.74, 6) is 2.67. The number of fused-ring (bicyclic) bond motifs is 1. The second-order valence-corrected chi connectivity index (χ2v) is 9.23. The van der Waals surface area contributed by atoms with Crippen molar-refractivity contribution in [1.82, 2.24) is 14.8 Å². The zero-order valence-corrected chi connectivity index (χ0v) is 20.4. The van der Waals surface area contributed by atoms with Crippen LogP contribution in [0.4, 0.5) is 0 Å². The third-order valence-electron chi connectivity index (χ3n) is 5.98. The molecule has 1 saturated heterocycles. The number of carbonyl (C=O) groups excluding carboxylic acids is 1. The minimum atomic E-state index is -0.504. The fraction of sp³-hybridized carbons (Fsp3) is 0.538. The van der Waals surface area contributed by atoms with E-state index in [1.54, 1.807) is 13.3 Å². The van der Waals surface area contributed by atoms with Crippen molar-refractivity contribution in [2.75, 3.05) is 46.6 Å². The number of pyridine rings is 1. The van der Waals surface area contributed by atoms with Crippen molar-refractivity contribution in [1.29, 1.82) is 0 Å². The molecule has 0 spiro atoms. The Balaban J connectivity index is 1.45. The van der Waals surface area contributed by atoms with Gasteiger partial charge in [0.05, 0.1) is 26.9 Å². The first-order valence-electron chi connectivity index (χ1n) is 12.0. The molecule has 184 valence electrons. The van der Waals surface area contributed by atoms with E-state index < -0.39 is 6.10 Å². The van der Waals surface area contributed by atoms with Crippen LogP contribution >= 0.6 is 0 Å². The molecule has 1 atom stereocenters. The van der Waals surface area contributed by atoms with Crippen LogP contribution in [0.15, 0.2) is 36.7 Å². The Labute approximate surface area is 201 Å². The quantitative estimate of drug-likeness (QED) is 0.588. The number of aromatic nitrogens is 1. The number of hydrogen-bond acceptors (Lipinski definition) is 7. The van der Waals surface area contributed by atoms with Gasteiger partial charge in [0, 0.05) is 57.1 Å². The molecule has 0 aliphatic carbocycles. The molecule has 0 bridgehead atoms. The number of methoxy groups -OCH3 is 1. The van der Waals surface area contributed by atoms with Crippen LogP contribution in [0.3, 0.4) is 0 Å². The molecule has 1 aromatic carbocycles. The van der Waals surface area contributed by atoms with Gasteiger partial charge < -0.3 is 23.8 Å². The van der Waals surface area contributed by atoms with Crippen LogP contribution in [-0.2, 0) is 22.6 Å². The fourth-order valence-electron chi connectivity index (χ4n) is 4.37. The van der Waals surface area contributed by atoms with E-state index in [1.165, 1.54) is 0 Å². The maximum atomic E-state index is 13.6. The van der Waals surface area contributed by atoms with Gasteiger partial charge in [-0.05, 0) is 29.7 Å². The van der Waals surface area contributed by atoms with Crippen LogP contribution in [-0.4, -0.2) is 73.4 Å². The van der Waals surface area contributed by atoms with Gasteiger partial charge in [0.15, 0.2) is 11.5 Å². The zero-order chi connectivity index (χ0) is 23.9. The molecule has 8 heteroatoms. The maximum Gasteiger partial charge on any atom is 0.253 e. The Bertz CT molecular complexity index is 967. The average Bonchev–Trinajstić information content (AvgIpc) is 3.08. The van der Waals surface area contributed by atoms with Crippen molar-refractivity contribution >= 4 is 5.91 Å². The summed E-state index contributed by atoms with van der Waals surface area (Å²) in [7, 11) is 1.66. The van der Waals surface area contributed by atoms with Gasteiger partial charge in [0.2, 0.25) is 0 Å². The Morgan fingerprint density at radius 3 is 2.82 bits per heavy atom. The third-order valence-corrected chi connectivity index (χ3v) is 5.98. The zero-order valence-electron chi connectivity index (χ0n) is 20.4. The maximum absolute atomic E-state index is 13.6. The third kappa shape index (κ3) is 6.18. The predicted molar refractivity (Wildman–Crippen MR) is 128 cm³/mol. The first-order valence-corrected chi connectivity index (χ1v) is 12.0. The van der Waals surface area contributed by atoms with Crippen LogP contribution in [0.5, 0.6) is 17.2 Å². The van der Waals surface area contributed by atoms with Gasteiger partial charge in [-0.25, -0.2) is 0 Å². The fourth-order valence-corrected chi connectivity index (χ4v) is 4.37. The summed E-state index contributed by atoms with van der Waals surface area (Å²) in [6.07, 6.45) is 3.90. The second-order valence-electron chi connectivity index (χ2n) is 9.23. The lowest BCUT2D eigenvalue weighted by Crippen LogP contribution is -2.51. The molecule has 8 nitrogen and oxygen atoms in total. The van der Waals surface area contributed by atoms with E-state index in [4.69, 9.17) is 18.9 Å². The van der Waals surface area contributed by atoms with Crippen LogP contribution in [0.1, 0.15) is 31.4 Å². The average molecular weight is 470 g/mol. The largest absolute Gasteiger partial charge is 0.496 e. The van der Waals surface area contributed by atoms with Crippen LogP contribution in [0, 0.1) is 5.92 Å². The Kier molecular flexibility index (Phi) is 8.24. The van der Waals surface area contributed by atoms with Crippen molar-refractivity contribution in [3.05, 3.63) is 47.8 Å². The summed E-state index contributed by atoms with van der Waals surface area (Å²) in [6.45, 7) is 9.17. The highest BCUT2D eigenvalue weighted by molar-refractivity contribution is 5.81. The molecule has 2 aliphatic heterocycles. The molecule has 2 aliphatic rings. The number of hydrogen-bond donors (Lipinski definition) is 0. The molecule has 0 N–H and O–H groups in total. The molecule has 0 saturated carbocycles. The van der Waals surface area contributed by atoms with Crippen molar-refractivity contribution in [2.45, 2.75) is 39.5 Å². The van der Waals surface area contributed by atoms with Crippen LogP contribution < -0.4 is 14.2 Å². The Morgan fingerprint density at radius 2 is 2.03 bits per heavy atom. The van der Waals surface area contributed by atoms with E-state index in [9.17, 15) is 4.79 Å². The summed E-state index contributed by atoms with van der Waals surface area (Å²) < 4.78 is 23.0. The molecule has 2 aromatic rings. The van der Waals surface area contributed by atoms with E-state index in [-0.39, 0.29) is 5.91 Å². The van der Waals surface area contributed by atoms with E-state index in [2.05, 4.69) is 23.7 Å². The lowest BCUT2D eigenvalue weighted by Gasteiger charge is -2.35. The van der Waals surface area contributed by atoms with Crippen LogP contribution in [0.2, 0.25) is 0 Å². The molecule has 0 unspecified atom stereocenters. The highest BCUT2D eigenvalue weighted by atomic mass is 16.5. The highest BCUT2D eigenvalue weighted by Gasteiger charge is 2.31. The lowest BCUT2D eigenvalue weighted by atomic mass is 10.1. The van der Waals surface area contributed by atoms with Gasteiger partial charge in [-0.15, -0.1) is 0 Å². The van der Waals surface area contributed by atoms with Gasteiger partial charge in [-0.3, -0.25) is 14.7 Å². The SMILES string of the molecule is COc1ccncc1CN1CCO[C@H](C(=O)N(Cc2ccc3c(c2)OCCCO3)CC(C)C)C1. The van der Waals surface area contributed by atoms with Crippen molar-refractivity contribution in [3.63, 3.8) is 0 Å². The summed E-state index contributed by atoms with van der Waals surface area (Å²) in [4.78, 5) is 21.9. The number of benzene rings is 1. The lowest BCUT2D eigenvalue weighted by molar-refractivity contribution is -0.151. The topological polar surface area (TPSA) is 73.4 Å². The number of amides is 1. The number of nitrogens with zero attached hydrogens (tertiary/aromatic N) is 3. The molecule has 34 heavy (non-hydrogen) atoms. The van der Waals surface area contributed by atoms with Gasteiger partial charge in [-0.2, -0.15) is 0 Å². The molecular weight excluding hydrogens is 434 g/mol. The molecule has 1 amide bonds. The molecular formula is C26H35N3O5. The van der Waals surface area contributed by atoms with Gasteiger partial charge in [0.1, 0.15) is 11.9 Å². The van der Waals surface area contributed by atoms with Gasteiger partial charge in [-0.1, -0.05) is 19.9 Å². The molecule has 4 rings (SSSR count). The van der Waals surface area contributed by atoms with Gasteiger partial charge >= 0.3 is 0 Å². The van der Waals surface area contributed by atoms with Gasteiger partial charge in [0.25, 0.3) is 5.91 Å². The monoisotopic (exact) mass is 469 g/mol. The van der Waals surface area contributed by atoms with Crippen molar-refractivity contribution < 1.29 is 23.7 Å². The smallest absolute Gasteiger partial charge is 0.253 e. The minimum absolute atomic E-state index is 0.0173. The summed E-state index contributed by atoms with van der Waals surface area (Å²) in [5.41, 5.74) is 2.02. The second kappa shape index (κ2) is 11.5. The number of carbonyl (C=O) groups is 1. The number of morpholine rings is 1. The molecule has 1 fully saturated rings. The molecule has 1 aromatic heterocycles. The summed E-state index contributed by atoms with van der Waals surface area (Å²) in [5, 5.41) is 0. The van der Waals surface area contributed by atoms with Crippen molar-refractivity contribution in [3.8, 4) is 17.2 Å². The van der Waals surface area contributed by atoms with E-state index >= 15 is 0 Å².